The quantitative estimate of drug-likeness (QED) is 0.257. The molecule has 3 heterocycles. The van der Waals surface area contributed by atoms with Gasteiger partial charge in [-0.15, -0.1) is 0 Å². The van der Waals surface area contributed by atoms with Crippen LogP contribution in [0, 0.1) is 0 Å². The molecular weight excluding hydrogens is 617 g/mol. The second-order valence-corrected chi connectivity index (χ2v) is 11.2. The van der Waals surface area contributed by atoms with Gasteiger partial charge in [0.1, 0.15) is 11.9 Å². The normalized spacial score (nSPS) is 15.3. The highest BCUT2D eigenvalue weighted by molar-refractivity contribution is 6.04. The number of nitrogens with one attached hydrogen (secondary N) is 1. The minimum atomic E-state index is -4.48. The van der Waals surface area contributed by atoms with E-state index in [4.69, 9.17) is 14.2 Å². The topological polar surface area (TPSA) is 113 Å². The average molecular weight is 649 g/mol. The van der Waals surface area contributed by atoms with Crippen LogP contribution in [-0.4, -0.2) is 70.8 Å². The molecule has 0 spiro atoms. The molecule has 244 valence electrons. The molecule has 1 unspecified atom stereocenters. The van der Waals surface area contributed by atoms with Crippen LogP contribution in [0.2, 0.25) is 0 Å². The third-order valence-electron chi connectivity index (χ3n) is 7.86. The van der Waals surface area contributed by atoms with Gasteiger partial charge in [-0.1, -0.05) is 18.2 Å². The maximum atomic E-state index is 13.0. The molecule has 1 aromatic heterocycles. The summed E-state index contributed by atoms with van der Waals surface area (Å²) < 4.78 is 54.9. The van der Waals surface area contributed by atoms with Crippen molar-refractivity contribution in [3.63, 3.8) is 0 Å². The van der Waals surface area contributed by atoms with Crippen LogP contribution in [0.15, 0.2) is 85.1 Å². The average Bonchev–Trinajstić information content (AvgIpc) is 3.54. The van der Waals surface area contributed by atoms with Gasteiger partial charge in [0.2, 0.25) is 12.7 Å². The summed E-state index contributed by atoms with van der Waals surface area (Å²) in [6.45, 7) is 3.41. The lowest BCUT2D eigenvalue weighted by Crippen LogP contribution is -2.51. The van der Waals surface area contributed by atoms with Gasteiger partial charge < -0.3 is 29.5 Å². The Balaban J connectivity index is 0.943. The van der Waals surface area contributed by atoms with E-state index in [9.17, 15) is 27.9 Å². The van der Waals surface area contributed by atoms with E-state index >= 15 is 0 Å². The first-order valence-corrected chi connectivity index (χ1v) is 14.9. The lowest BCUT2D eigenvalue weighted by atomic mass is 10.1. The van der Waals surface area contributed by atoms with Crippen LogP contribution < -0.4 is 19.5 Å². The largest absolute Gasteiger partial charge is 0.454 e. The summed E-state index contributed by atoms with van der Waals surface area (Å²) in [6, 6.07) is 19.8. The van der Waals surface area contributed by atoms with Crippen molar-refractivity contribution in [2.75, 3.05) is 38.3 Å². The fourth-order valence-corrected chi connectivity index (χ4v) is 5.29. The number of hydrogen-bond acceptors (Lipinski definition) is 8. The molecule has 47 heavy (non-hydrogen) atoms. The number of benzene rings is 3. The molecule has 13 heteroatoms. The Hall–Kier alpha value is -5.14. The van der Waals surface area contributed by atoms with E-state index in [1.807, 2.05) is 18.2 Å². The summed E-state index contributed by atoms with van der Waals surface area (Å²) in [4.78, 5) is 33.5. The molecule has 3 aromatic carbocycles. The van der Waals surface area contributed by atoms with Crippen molar-refractivity contribution in [3.8, 4) is 23.1 Å². The van der Waals surface area contributed by atoms with Crippen molar-refractivity contribution < 1.29 is 42.1 Å². The number of rotatable bonds is 9. The fraction of sp³-hybridized carbons (Fsp3) is 0.265. The molecule has 6 rings (SSSR count). The third-order valence-corrected chi connectivity index (χ3v) is 7.86. The standard InChI is InChI=1S/C34H31F3N4O6/c35-34(36,37)25-6-4-24(5-7-25)32(43)39-26-8-12-31(38-19-26)47-27-9-1-22(2-10-27)17-28(42)33(44)41-15-13-40(14-16-41)20-23-3-11-29-30(18-23)46-21-45-29/h1-12,18-19,28,42H,13-17,20-21H2,(H,39,43). The first-order valence-electron chi connectivity index (χ1n) is 14.9. The Kier molecular flexibility index (Phi) is 9.27. The highest BCUT2D eigenvalue weighted by Gasteiger charge is 2.30. The van der Waals surface area contributed by atoms with E-state index in [0.717, 1.165) is 53.4 Å². The maximum Gasteiger partial charge on any atom is 0.416 e. The molecular formula is C34H31F3N4O6. The van der Waals surface area contributed by atoms with Gasteiger partial charge in [-0.3, -0.25) is 14.5 Å². The number of ether oxygens (including phenoxy) is 3. The van der Waals surface area contributed by atoms with Crippen LogP contribution in [0.25, 0.3) is 0 Å². The molecule has 2 N–H and O–H groups in total. The van der Waals surface area contributed by atoms with Crippen molar-refractivity contribution in [2.45, 2.75) is 25.2 Å². The second-order valence-electron chi connectivity index (χ2n) is 11.2. The van der Waals surface area contributed by atoms with Crippen LogP contribution in [0.3, 0.4) is 0 Å². The van der Waals surface area contributed by atoms with Crippen molar-refractivity contribution in [1.29, 1.82) is 0 Å². The molecule has 2 amide bonds. The molecule has 0 saturated carbocycles. The summed E-state index contributed by atoms with van der Waals surface area (Å²) in [5.41, 5.74) is 1.44. The zero-order chi connectivity index (χ0) is 33.0. The molecule has 10 nitrogen and oxygen atoms in total. The zero-order valence-electron chi connectivity index (χ0n) is 25.1. The molecule has 1 fully saturated rings. The number of halogens is 3. The Morgan fingerprint density at radius 2 is 1.60 bits per heavy atom. The summed E-state index contributed by atoms with van der Waals surface area (Å²) in [5, 5.41) is 13.3. The van der Waals surface area contributed by atoms with E-state index in [2.05, 4.69) is 15.2 Å². The number of pyridine rings is 1. The minimum Gasteiger partial charge on any atom is -0.454 e. The van der Waals surface area contributed by atoms with Gasteiger partial charge >= 0.3 is 6.18 Å². The molecule has 1 saturated heterocycles. The smallest absolute Gasteiger partial charge is 0.416 e. The number of hydrogen-bond donors (Lipinski definition) is 2. The Labute approximate surface area is 268 Å². The maximum absolute atomic E-state index is 13.0. The third kappa shape index (κ3) is 7.99. The van der Waals surface area contributed by atoms with E-state index in [0.29, 0.717) is 37.6 Å². The van der Waals surface area contributed by atoms with Gasteiger partial charge in [0.05, 0.1) is 17.4 Å². The molecule has 2 aliphatic heterocycles. The van der Waals surface area contributed by atoms with Gasteiger partial charge in [-0.25, -0.2) is 4.98 Å². The summed E-state index contributed by atoms with van der Waals surface area (Å²) in [7, 11) is 0. The van der Waals surface area contributed by atoms with Crippen molar-refractivity contribution >= 4 is 17.5 Å². The zero-order valence-corrected chi connectivity index (χ0v) is 25.1. The predicted octanol–water partition coefficient (Wildman–Crippen LogP) is 5.12. The summed E-state index contributed by atoms with van der Waals surface area (Å²) >= 11 is 0. The number of carbonyl (C=O) groups excluding carboxylic acids is 2. The molecule has 2 aliphatic rings. The molecule has 0 bridgehead atoms. The van der Waals surface area contributed by atoms with Gasteiger partial charge in [-0.05, 0) is 65.7 Å². The highest BCUT2D eigenvalue weighted by Crippen LogP contribution is 2.33. The number of amides is 2. The van der Waals surface area contributed by atoms with Gasteiger partial charge in [0.25, 0.3) is 11.8 Å². The number of carbonyl (C=O) groups is 2. The van der Waals surface area contributed by atoms with Crippen molar-refractivity contribution in [2.24, 2.45) is 0 Å². The lowest BCUT2D eigenvalue weighted by molar-refractivity contribution is -0.142. The number of aromatic nitrogens is 1. The number of alkyl halides is 3. The monoisotopic (exact) mass is 648 g/mol. The lowest BCUT2D eigenvalue weighted by Gasteiger charge is -2.35. The fourth-order valence-electron chi connectivity index (χ4n) is 5.29. The number of aliphatic hydroxyl groups excluding tert-OH is 1. The first-order chi connectivity index (χ1) is 22.6. The van der Waals surface area contributed by atoms with Crippen molar-refractivity contribution in [3.05, 3.63) is 107 Å². The van der Waals surface area contributed by atoms with Gasteiger partial charge in [-0.2, -0.15) is 13.2 Å². The number of nitrogens with zero attached hydrogens (tertiary/aromatic N) is 3. The van der Waals surface area contributed by atoms with Gasteiger partial charge in [0, 0.05) is 50.8 Å². The summed E-state index contributed by atoms with van der Waals surface area (Å²) in [6.07, 6.45) is -4.13. The van der Waals surface area contributed by atoms with Crippen molar-refractivity contribution in [1.82, 2.24) is 14.8 Å². The van der Waals surface area contributed by atoms with Crippen LogP contribution >= 0.6 is 0 Å². The number of anilines is 1. The Morgan fingerprint density at radius 3 is 2.28 bits per heavy atom. The van der Waals surface area contributed by atoms with Crippen LogP contribution in [0.1, 0.15) is 27.0 Å². The number of fused-ring (bicyclic) bond motifs is 1. The van der Waals surface area contributed by atoms with E-state index in [1.165, 1.54) is 12.3 Å². The highest BCUT2D eigenvalue weighted by atomic mass is 19.4. The van der Waals surface area contributed by atoms with E-state index in [-0.39, 0.29) is 30.6 Å². The van der Waals surface area contributed by atoms with E-state index in [1.54, 1.807) is 35.2 Å². The second kappa shape index (κ2) is 13.7. The Bertz CT molecular complexity index is 1710. The molecule has 0 radical (unpaired) electrons. The number of aliphatic hydroxyl groups is 1. The Morgan fingerprint density at radius 1 is 0.894 bits per heavy atom. The minimum absolute atomic E-state index is 0.0710. The first kappa shape index (κ1) is 31.8. The predicted molar refractivity (Wildman–Crippen MR) is 164 cm³/mol. The molecule has 1 atom stereocenters. The van der Waals surface area contributed by atoms with Crippen LogP contribution in [0.5, 0.6) is 23.1 Å². The summed E-state index contributed by atoms with van der Waals surface area (Å²) in [5.74, 6) is 1.33. The van der Waals surface area contributed by atoms with Crippen LogP contribution in [0.4, 0.5) is 18.9 Å². The van der Waals surface area contributed by atoms with Crippen LogP contribution in [-0.2, 0) is 23.9 Å². The SMILES string of the molecule is O=C(Nc1ccc(Oc2ccc(CC(O)C(=O)N3CCN(Cc4ccc5c(c4)OCO5)CC3)cc2)nc1)c1ccc(C(F)(F)F)cc1. The van der Waals surface area contributed by atoms with E-state index < -0.39 is 23.8 Å². The molecule has 4 aromatic rings. The molecule has 0 aliphatic carbocycles. The van der Waals surface area contributed by atoms with Gasteiger partial charge in [0.15, 0.2) is 11.5 Å². The number of piperazine rings is 1.